The largest absolute Gasteiger partial charge is 0.364 e. The van der Waals surface area contributed by atoms with Crippen LogP contribution in [0, 0.1) is 0 Å². The average molecular weight is 253 g/mol. The minimum Gasteiger partial charge on any atom is -0.146 e. The van der Waals surface area contributed by atoms with E-state index in [1.54, 1.807) is 9.10 Å². The third-order valence-corrected chi connectivity index (χ3v) is 8.90. The Morgan fingerprint density at radius 2 is 1.06 bits per heavy atom. The second-order valence-electron chi connectivity index (χ2n) is 4.86. The summed E-state index contributed by atoms with van der Waals surface area (Å²) in [6, 6.07) is 0. The molecule has 0 aromatic rings. The van der Waals surface area contributed by atoms with E-state index in [1.165, 1.54) is 41.5 Å². The van der Waals surface area contributed by atoms with Crippen LogP contribution in [0.25, 0.3) is 0 Å². The van der Waals surface area contributed by atoms with Crippen LogP contribution in [-0.2, 0) is 0 Å². The van der Waals surface area contributed by atoms with Crippen LogP contribution in [-0.4, -0.2) is 34.5 Å². The summed E-state index contributed by atoms with van der Waals surface area (Å²) in [5, 5.41) is 4.48. The van der Waals surface area contributed by atoms with Crippen molar-refractivity contribution >= 4 is 34.5 Å². The SMILES string of the molecule is CCC[CH2][Mg][CH2]CCC.C[CH2][Al]([CH2]C)[CH2]C. The van der Waals surface area contributed by atoms with Gasteiger partial charge < -0.3 is 0 Å². The van der Waals surface area contributed by atoms with Gasteiger partial charge in [0, 0.05) is 0 Å². The van der Waals surface area contributed by atoms with Crippen molar-refractivity contribution in [3.05, 3.63) is 0 Å². The van der Waals surface area contributed by atoms with E-state index in [0.717, 1.165) is 0 Å². The molecule has 0 radical (unpaired) electrons. The monoisotopic (exact) mass is 252 g/mol. The lowest BCUT2D eigenvalue weighted by Crippen LogP contribution is -2.04. The molecule has 0 aliphatic carbocycles. The van der Waals surface area contributed by atoms with E-state index in [0.29, 0.717) is 20.4 Å². The molecule has 0 fully saturated rings. The zero-order valence-corrected chi connectivity index (χ0v) is 15.2. The summed E-state index contributed by atoms with van der Waals surface area (Å²) in [5.74, 6) is 0. The smallest absolute Gasteiger partial charge is 0.146 e. The molecule has 0 aromatic heterocycles. The van der Waals surface area contributed by atoms with Crippen molar-refractivity contribution in [2.75, 3.05) is 0 Å². The van der Waals surface area contributed by atoms with Gasteiger partial charge in [0.15, 0.2) is 0 Å². The molecule has 0 N–H and O–H groups in total. The van der Waals surface area contributed by atoms with Gasteiger partial charge in [-0.25, -0.2) is 0 Å². The first kappa shape index (κ1) is 19.6. The molecule has 0 aliphatic rings. The van der Waals surface area contributed by atoms with E-state index < -0.39 is 0 Å². The predicted octanol–water partition coefficient (Wildman–Crippen LogP) is 5.67. The number of hydrogen-bond acceptors (Lipinski definition) is 0. The zero-order valence-electron chi connectivity index (χ0n) is 12.6. The molecular formula is C14H33AlMg. The van der Waals surface area contributed by atoms with Crippen molar-refractivity contribution < 1.29 is 0 Å². The van der Waals surface area contributed by atoms with Crippen LogP contribution in [0.5, 0.6) is 0 Å². The molecule has 94 valence electrons. The van der Waals surface area contributed by atoms with E-state index in [9.17, 15) is 0 Å². The Hall–Kier alpha value is 1.30. The molecule has 0 spiro atoms. The summed E-state index contributed by atoms with van der Waals surface area (Å²) in [5.41, 5.74) is 0. The van der Waals surface area contributed by atoms with E-state index in [2.05, 4.69) is 34.6 Å². The lowest BCUT2D eigenvalue weighted by molar-refractivity contribution is 0.851. The molecule has 0 nitrogen and oxygen atoms in total. The second kappa shape index (κ2) is 18.7. The first-order valence-electron chi connectivity index (χ1n) is 7.76. The maximum absolute atomic E-state index is 2.32. The topological polar surface area (TPSA) is 0 Å². The van der Waals surface area contributed by atoms with Crippen LogP contribution < -0.4 is 0 Å². The predicted molar refractivity (Wildman–Crippen MR) is 82.4 cm³/mol. The molecule has 0 rings (SSSR count). The van der Waals surface area contributed by atoms with Crippen molar-refractivity contribution in [2.45, 2.75) is 85.3 Å². The van der Waals surface area contributed by atoms with E-state index >= 15 is 0 Å². The summed E-state index contributed by atoms with van der Waals surface area (Å²) < 4.78 is 3.19. The molecule has 0 unspecified atom stereocenters. The normalized spacial score (nSPS) is 9.06. The Kier molecular flexibility index (Phi) is 22.9. The minimum absolute atomic E-state index is 0.171. The molecule has 0 bridgehead atoms. The Labute approximate surface area is 119 Å². The standard InChI is InChI=1S/2C4H9.3C2H5.Al.Mg/c2*1-3-4-2;3*1-2;;/h2*1,3-4H2,2H3;3*1H2,2H3;;. The van der Waals surface area contributed by atoms with Gasteiger partial charge in [-0.15, -0.1) is 9.10 Å². The molecule has 0 heterocycles. The van der Waals surface area contributed by atoms with Gasteiger partial charge >= 0.3 is 20.4 Å². The van der Waals surface area contributed by atoms with Crippen LogP contribution in [0.2, 0.25) is 24.9 Å². The first-order valence-corrected chi connectivity index (χ1v) is 12.2. The summed E-state index contributed by atoms with van der Waals surface area (Å²) in [6.45, 7) is 11.5. The second-order valence-corrected chi connectivity index (χ2v) is 11.2. The number of hydrogen-bond donors (Lipinski definition) is 0. The molecule has 0 amide bonds. The van der Waals surface area contributed by atoms with Gasteiger partial charge in [0.05, 0.1) is 0 Å². The highest BCUT2D eigenvalue weighted by Gasteiger charge is 2.05. The fourth-order valence-electron chi connectivity index (χ4n) is 1.90. The Balaban J connectivity index is 0. The third kappa shape index (κ3) is 17.7. The van der Waals surface area contributed by atoms with Crippen LogP contribution in [0.3, 0.4) is 0 Å². The fraction of sp³-hybridized carbons (Fsp3) is 1.00. The highest BCUT2D eigenvalue weighted by molar-refractivity contribution is 6.58. The van der Waals surface area contributed by atoms with Crippen molar-refractivity contribution in [2.24, 2.45) is 0 Å². The maximum atomic E-state index is 2.32. The van der Waals surface area contributed by atoms with Gasteiger partial charge in [-0.2, -0.15) is 0 Å². The summed E-state index contributed by atoms with van der Waals surface area (Å²) in [6.07, 6.45) is 5.80. The highest BCUT2D eigenvalue weighted by atomic mass is 27.2. The molecule has 0 atom stereocenters. The minimum atomic E-state index is -0.171. The molecule has 0 saturated heterocycles. The van der Waals surface area contributed by atoms with E-state index in [1.807, 2.05) is 0 Å². The first-order chi connectivity index (χ1) is 7.76. The van der Waals surface area contributed by atoms with Crippen LogP contribution >= 0.6 is 0 Å². The highest BCUT2D eigenvalue weighted by Crippen LogP contribution is 2.01. The van der Waals surface area contributed by atoms with E-state index in [-0.39, 0.29) is 14.1 Å². The Bertz CT molecular complexity index is 91.4. The summed E-state index contributed by atoms with van der Waals surface area (Å²) >= 11 is 0.218. The quantitative estimate of drug-likeness (QED) is 0.366. The lowest BCUT2D eigenvalue weighted by atomic mass is 10.4. The number of unbranched alkanes of at least 4 members (excludes halogenated alkanes) is 2. The van der Waals surface area contributed by atoms with Gasteiger partial charge in [-0.3, -0.25) is 0 Å². The third-order valence-electron chi connectivity index (χ3n) is 3.44. The molecule has 0 saturated carbocycles. The Morgan fingerprint density at radius 3 is 1.25 bits per heavy atom. The van der Waals surface area contributed by atoms with Crippen molar-refractivity contribution in [1.82, 2.24) is 0 Å². The van der Waals surface area contributed by atoms with E-state index in [4.69, 9.17) is 0 Å². The van der Waals surface area contributed by atoms with Crippen molar-refractivity contribution in [1.29, 1.82) is 0 Å². The van der Waals surface area contributed by atoms with Crippen LogP contribution in [0.15, 0.2) is 0 Å². The Morgan fingerprint density at radius 1 is 0.688 bits per heavy atom. The molecule has 16 heavy (non-hydrogen) atoms. The van der Waals surface area contributed by atoms with Gasteiger partial charge in [0.1, 0.15) is 0 Å². The number of rotatable bonds is 9. The van der Waals surface area contributed by atoms with Gasteiger partial charge in [0.2, 0.25) is 0 Å². The summed E-state index contributed by atoms with van der Waals surface area (Å²) in [7, 11) is 0. The van der Waals surface area contributed by atoms with Gasteiger partial charge in [0.25, 0.3) is 14.1 Å². The van der Waals surface area contributed by atoms with Gasteiger partial charge in [-0.1, -0.05) is 76.2 Å². The molecule has 2 heteroatoms. The maximum Gasteiger partial charge on any atom is 0.364 e. The van der Waals surface area contributed by atoms with Crippen LogP contribution in [0.4, 0.5) is 0 Å². The zero-order chi connectivity index (χ0) is 12.6. The van der Waals surface area contributed by atoms with Crippen LogP contribution in [0.1, 0.15) is 60.3 Å². The molecule has 0 aliphatic heterocycles. The summed E-state index contributed by atoms with van der Waals surface area (Å²) in [4.78, 5) is 0. The lowest BCUT2D eigenvalue weighted by Gasteiger charge is -1.97. The van der Waals surface area contributed by atoms with Crippen molar-refractivity contribution in [3.63, 3.8) is 0 Å². The molecular weight excluding hydrogens is 219 g/mol. The van der Waals surface area contributed by atoms with Gasteiger partial charge in [-0.05, 0) is 0 Å². The molecule has 0 aromatic carbocycles. The van der Waals surface area contributed by atoms with Crippen molar-refractivity contribution in [3.8, 4) is 0 Å². The fourth-order valence-corrected chi connectivity index (χ4v) is 5.69. The average Bonchev–Trinajstić information content (AvgIpc) is 2.32.